The molecule has 28 heavy (non-hydrogen) atoms. The second-order valence-electron chi connectivity index (χ2n) is 8.04. The standard InChI is InChI=1S/C22H28N2O4/c1-5-27-16-8-6-15(7-9-16)21(26)23-13-20(25)24-18-11-22(3,4)12-19-17(18)10-14(2)28-19/h6-10,18H,5,11-13H2,1-4H3,(H,23,26)(H,24,25). The summed E-state index contributed by atoms with van der Waals surface area (Å²) in [5.41, 5.74) is 1.58. The van der Waals surface area contributed by atoms with E-state index in [1.165, 1.54) is 0 Å². The van der Waals surface area contributed by atoms with E-state index in [4.69, 9.17) is 9.15 Å². The van der Waals surface area contributed by atoms with Crippen LogP contribution in [0.3, 0.4) is 0 Å². The van der Waals surface area contributed by atoms with Gasteiger partial charge in [-0.1, -0.05) is 13.8 Å². The number of hydrogen-bond acceptors (Lipinski definition) is 4. The second-order valence-corrected chi connectivity index (χ2v) is 8.04. The van der Waals surface area contributed by atoms with Crippen molar-refractivity contribution >= 4 is 11.8 Å². The Morgan fingerprint density at radius 2 is 1.96 bits per heavy atom. The van der Waals surface area contributed by atoms with Gasteiger partial charge in [-0.25, -0.2) is 0 Å². The van der Waals surface area contributed by atoms with Crippen LogP contribution in [0.15, 0.2) is 34.7 Å². The molecule has 0 bridgehead atoms. The smallest absolute Gasteiger partial charge is 0.251 e. The highest BCUT2D eigenvalue weighted by molar-refractivity contribution is 5.96. The first-order valence-corrected chi connectivity index (χ1v) is 9.67. The highest BCUT2D eigenvalue weighted by Gasteiger charge is 2.35. The van der Waals surface area contributed by atoms with E-state index in [0.29, 0.717) is 17.9 Å². The summed E-state index contributed by atoms with van der Waals surface area (Å²) in [6.07, 6.45) is 1.69. The van der Waals surface area contributed by atoms with E-state index in [9.17, 15) is 9.59 Å². The molecule has 6 nitrogen and oxygen atoms in total. The maximum atomic E-state index is 12.4. The van der Waals surface area contributed by atoms with E-state index in [2.05, 4.69) is 24.5 Å². The second kappa shape index (κ2) is 8.09. The molecule has 3 rings (SSSR count). The number of aryl methyl sites for hydroxylation is 1. The average Bonchev–Trinajstić information content (AvgIpc) is 2.99. The van der Waals surface area contributed by atoms with Gasteiger partial charge in [0.05, 0.1) is 19.2 Å². The first-order chi connectivity index (χ1) is 13.3. The molecule has 0 saturated heterocycles. The molecule has 1 aliphatic carbocycles. The van der Waals surface area contributed by atoms with E-state index in [1.54, 1.807) is 24.3 Å². The van der Waals surface area contributed by atoms with Gasteiger partial charge in [0.25, 0.3) is 5.91 Å². The fourth-order valence-corrected chi connectivity index (χ4v) is 3.69. The van der Waals surface area contributed by atoms with Gasteiger partial charge in [0, 0.05) is 17.5 Å². The number of hydrogen-bond donors (Lipinski definition) is 2. The number of carbonyl (C=O) groups excluding carboxylic acids is 2. The summed E-state index contributed by atoms with van der Waals surface area (Å²) in [5.74, 6) is 2.00. The fourth-order valence-electron chi connectivity index (χ4n) is 3.69. The number of furan rings is 1. The van der Waals surface area contributed by atoms with Gasteiger partial charge in [-0.2, -0.15) is 0 Å². The summed E-state index contributed by atoms with van der Waals surface area (Å²) in [4.78, 5) is 24.7. The molecular formula is C22H28N2O4. The van der Waals surface area contributed by atoms with Gasteiger partial charge in [-0.05, 0) is 56.0 Å². The van der Waals surface area contributed by atoms with Crippen molar-refractivity contribution in [3.05, 3.63) is 53.0 Å². The van der Waals surface area contributed by atoms with Crippen LogP contribution in [-0.4, -0.2) is 25.0 Å². The number of nitrogens with one attached hydrogen (secondary N) is 2. The van der Waals surface area contributed by atoms with Crippen molar-refractivity contribution < 1.29 is 18.7 Å². The first-order valence-electron chi connectivity index (χ1n) is 9.67. The molecule has 150 valence electrons. The van der Waals surface area contributed by atoms with Crippen LogP contribution in [0.2, 0.25) is 0 Å². The number of carbonyl (C=O) groups is 2. The SMILES string of the molecule is CCOc1ccc(C(=O)NCC(=O)NC2CC(C)(C)Cc3oc(C)cc32)cc1. The Balaban J connectivity index is 1.57. The van der Waals surface area contributed by atoms with Gasteiger partial charge >= 0.3 is 0 Å². The Morgan fingerprint density at radius 1 is 1.25 bits per heavy atom. The predicted molar refractivity (Wildman–Crippen MR) is 106 cm³/mol. The van der Waals surface area contributed by atoms with Crippen LogP contribution in [0.25, 0.3) is 0 Å². The Hall–Kier alpha value is -2.76. The van der Waals surface area contributed by atoms with Crippen LogP contribution in [0.4, 0.5) is 0 Å². The van der Waals surface area contributed by atoms with Gasteiger partial charge in [0.2, 0.25) is 5.91 Å². The normalized spacial score (nSPS) is 17.5. The predicted octanol–water partition coefficient (Wildman–Crippen LogP) is 3.55. The molecular weight excluding hydrogens is 356 g/mol. The van der Waals surface area contributed by atoms with Gasteiger partial charge in [-0.3, -0.25) is 9.59 Å². The lowest BCUT2D eigenvalue weighted by Crippen LogP contribution is -2.41. The zero-order valence-corrected chi connectivity index (χ0v) is 16.9. The largest absolute Gasteiger partial charge is 0.494 e. The molecule has 1 aliphatic rings. The summed E-state index contributed by atoms with van der Waals surface area (Å²) in [6, 6.07) is 8.74. The number of amides is 2. The maximum absolute atomic E-state index is 12.4. The molecule has 0 aliphatic heterocycles. The van der Waals surface area contributed by atoms with E-state index in [0.717, 1.165) is 29.9 Å². The Morgan fingerprint density at radius 3 is 2.64 bits per heavy atom. The molecule has 1 unspecified atom stereocenters. The highest BCUT2D eigenvalue weighted by Crippen LogP contribution is 2.41. The molecule has 1 atom stereocenters. The van der Waals surface area contributed by atoms with Crippen LogP contribution < -0.4 is 15.4 Å². The molecule has 6 heteroatoms. The van der Waals surface area contributed by atoms with Crippen molar-refractivity contribution in [1.82, 2.24) is 10.6 Å². The number of rotatable bonds is 6. The van der Waals surface area contributed by atoms with Crippen LogP contribution >= 0.6 is 0 Å². The molecule has 1 aromatic heterocycles. The van der Waals surface area contributed by atoms with Crippen molar-refractivity contribution in [2.75, 3.05) is 13.2 Å². The Bertz CT molecular complexity index is 852. The van der Waals surface area contributed by atoms with Crippen LogP contribution in [-0.2, 0) is 11.2 Å². The molecule has 0 saturated carbocycles. The van der Waals surface area contributed by atoms with Crippen molar-refractivity contribution in [3.63, 3.8) is 0 Å². The minimum absolute atomic E-state index is 0.0425. The minimum Gasteiger partial charge on any atom is -0.494 e. The lowest BCUT2D eigenvalue weighted by atomic mass is 9.74. The monoisotopic (exact) mass is 384 g/mol. The summed E-state index contributed by atoms with van der Waals surface area (Å²) in [7, 11) is 0. The maximum Gasteiger partial charge on any atom is 0.251 e. The molecule has 2 aromatic rings. The molecule has 1 aromatic carbocycles. The van der Waals surface area contributed by atoms with Crippen LogP contribution in [0.1, 0.15) is 60.7 Å². The minimum atomic E-state index is -0.290. The van der Waals surface area contributed by atoms with Gasteiger partial charge in [0.1, 0.15) is 17.3 Å². The van der Waals surface area contributed by atoms with Crippen LogP contribution in [0.5, 0.6) is 5.75 Å². The van der Waals surface area contributed by atoms with Gasteiger partial charge in [0.15, 0.2) is 0 Å². The third-order valence-corrected chi connectivity index (χ3v) is 4.91. The zero-order valence-electron chi connectivity index (χ0n) is 16.9. The summed E-state index contributed by atoms with van der Waals surface area (Å²) < 4.78 is 11.2. The Kier molecular flexibility index (Phi) is 5.77. The van der Waals surface area contributed by atoms with Gasteiger partial charge < -0.3 is 19.8 Å². The molecule has 0 spiro atoms. The molecule has 2 N–H and O–H groups in total. The quantitative estimate of drug-likeness (QED) is 0.798. The third kappa shape index (κ3) is 4.74. The van der Waals surface area contributed by atoms with Crippen molar-refractivity contribution in [3.8, 4) is 5.75 Å². The first kappa shape index (κ1) is 20.0. The van der Waals surface area contributed by atoms with E-state index >= 15 is 0 Å². The van der Waals surface area contributed by atoms with E-state index in [1.807, 2.05) is 19.9 Å². The Labute approximate surface area is 165 Å². The highest BCUT2D eigenvalue weighted by atomic mass is 16.5. The van der Waals surface area contributed by atoms with E-state index < -0.39 is 0 Å². The van der Waals surface area contributed by atoms with Crippen LogP contribution in [0, 0.1) is 12.3 Å². The third-order valence-electron chi connectivity index (χ3n) is 4.91. The summed E-state index contributed by atoms with van der Waals surface area (Å²) in [6.45, 7) is 8.65. The van der Waals surface area contributed by atoms with Gasteiger partial charge in [-0.15, -0.1) is 0 Å². The van der Waals surface area contributed by atoms with Crippen molar-refractivity contribution in [2.45, 2.75) is 46.6 Å². The number of ether oxygens (including phenoxy) is 1. The molecule has 2 amide bonds. The lowest BCUT2D eigenvalue weighted by molar-refractivity contribution is -0.121. The average molecular weight is 384 g/mol. The zero-order chi connectivity index (χ0) is 20.3. The van der Waals surface area contributed by atoms with Crippen molar-refractivity contribution in [1.29, 1.82) is 0 Å². The summed E-state index contributed by atoms with van der Waals surface area (Å²) >= 11 is 0. The van der Waals surface area contributed by atoms with Crippen molar-refractivity contribution in [2.24, 2.45) is 5.41 Å². The topological polar surface area (TPSA) is 80.6 Å². The lowest BCUT2D eigenvalue weighted by Gasteiger charge is -2.34. The molecule has 1 heterocycles. The molecule has 0 radical (unpaired) electrons. The fraction of sp³-hybridized carbons (Fsp3) is 0.455. The summed E-state index contributed by atoms with van der Waals surface area (Å²) in [5, 5.41) is 5.72. The number of benzene rings is 1. The molecule has 0 fully saturated rings. The number of fused-ring (bicyclic) bond motifs is 1. The van der Waals surface area contributed by atoms with E-state index in [-0.39, 0.29) is 29.8 Å².